The average Bonchev–Trinajstić information content (AvgIpc) is 2.93. The number of hydrogen-bond acceptors (Lipinski definition) is 3. The second-order valence-corrected chi connectivity index (χ2v) is 10.2. The number of ketones is 1. The quantitative estimate of drug-likeness (QED) is 0.830. The fraction of sp³-hybridized carbons (Fsp3) is 0.955. The van der Waals surface area contributed by atoms with Crippen LogP contribution in [0.15, 0.2) is 0 Å². The Labute approximate surface area is 152 Å². The molecule has 3 nitrogen and oxygen atoms in total. The highest BCUT2D eigenvalue weighted by molar-refractivity contribution is 5.83. The summed E-state index contributed by atoms with van der Waals surface area (Å²) in [6.45, 7) is 5.24. The molecule has 0 aliphatic heterocycles. The van der Waals surface area contributed by atoms with Crippen LogP contribution in [0.25, 0.3) is 0 Å². The van der Waals surface area contributed by atoms with E-state index in [1.807, 2.05) is 0 Å². The Balaban J connectivity index is 1.57. The van der Waals surface area contributed by atoms with Gasteiger partial charge in [-0.25, -0.2) is 0 Å². The van der Waals surface area contributed by atoms with Gasteiger partial charge in [0.25, 0.3) is 0 Å². The van der Waals surface area contributed by atoms with Crippen LogP contribution in [-0.4, -0.2) is 30.7 Å². The third kappa shape index (κ3) is 2.64. The molecular formula is C22H36O3. The molecular weight excluding hydrogens is 312 g/mol. The molecule has 0 bridgehead atoms. The van der Waals surface area contributed by atoms with E-state index in [4.69, 9.17) is 4.74 Å². The fourth-order valence-electron chi connectivity index (χ4n) is 8.01. The van der Waals surface area contributed by atoms with Crippen molar-refractivity contribution >= 4 is 5.78 Å². The van der Waals surface area contributed by atoms with Crippen LogP contribution in [0.1, 0.15) is 71.6 Å². The minimum atomic E-state index is -0.0639. The van der Waals surface area contributed by atoms with Crippen molar-refractivity contribution < 1.29 is 14.6 Å². The Bertz CT molecular complexity index is 531. The predicted molar refractivity (Wildman–Crippen MR) is 98.1 cm³/mol. The van der Waals surface area contributed by atoms with Crippen LogP contribution in [-0.2, 0) is 9.53 Å². The first-order valence-corrected chi connectivity index (χ1v) is 10.6. The Morgan fingerprint density at radius 1 is 1.00 bits per heavy atom. The maximum atomic E-state index is 12.6. The van der Waals surface area contributed by atoms with Gasteiger partial charge in [-0.1, -0.05) is 13.8 Å². The van der Waals surface area contributed by atoms with Crippen molar-refractivity contribution in [1.82, 2.24) is 0 Å². The second-order valence-electron chi connectivity index (χ2n) is 10.2. The molecule has 0 heterocycles. The highest BCUT2D eigenvalue weighted by Gasteiger charge is 2.61. The lowest BCUT2D eigenvalue weighted by Gasteiger charge is -2.60. The molecule has 4 rings (SSSR count). The van der Waals surface area contributed by atoms with E-state index in [1.165, 1.54) is 38.5 Å². The van der Waals surface area contributed by atoms with E-state index in [0.717, 1.165) is 37.0 Å². The number of Topliss-reactive ketones (excluding diaryl/α,β-unsaturated/α-hetero) is 1. The first-order chi connectivity index (χ1) is 11.9. The molecule has 4 aliphatic rings. The average molecular weight is 349 g/mol. The highest BCUT2D eigenvalue weighted by Crippen LogP contribution is 2.67. The molecule has 0 radical (unpaired) electrons. The molecule has 3 heteroatoms. The zero-order valence-electron chi connectivity index (χ0n) is 16.3. The number of rotatable bonds is 3. The van der Waals surface area contributed by atoms with Crippen LogP contribution in [0.5, 0.6) is 0 Å². The molecule has 4 fully saturated rings. The molecule has 8 atom stereocenters. The maximum absolute atomic E-state index is 12.6. The van der Waals surface area contributed by atoms with Crippen molar-refractivity contribution in [3.05, 3.63) is 0 Å². The molecule has 0 amide bonds. The SMILES string of the molecule is COCC(=O)[C@H]1CC[C@H]2[C@@H]3CC[C@H]4C[C@@H](O)CC[C@]4(C)[C@H]3CC[C@]12C. The molecule has 4 aliphatic carbocycles. The van der Waals surface area contributed by atoms with Crippen molar-refractivity contribution in [2.75, 3.05) is 13.7 Å². The van der Waals surface area contributed by atoms with E-state index in [9.17, 15) is 9.90 Å². The van der Waals surface area contributed by atoms with E-state index < -0.39 is 0 Å². The maximum Gasteiger partial charge on any atom is 0.162 e. The number of aliphatic hydroxyl groups is 1. The predicted octanol–water partition coefficient (Wildman–Crippen LogP) is 4.22. The minimum absolute atomic E-state index is 0.0639. The van der Waals surface area contributed by atoms with E-state index in [-0.39, 0.29) is 17.4 Å². The molecule has 25 heavy (non-hydrogen) atoms. The third-order valence-corrected chi connectivity index (χ3v) is 9.31. The van der Waals surface area contributed by atoms with Gasteiger partial charge in [0.2, 0.25) is 0 Å². The van der Waals surface area contributed by atoms with Crippen molar-refractivity contribution in [2.45, 2.75) is 77.7 Å². The van der Waals surface area contributed by atoms with Gasteiger partial charge >= 0.3 is 0 Å². The van der Waals surface area contributed by atoms with Crippen molar-refractivity contribution in [3.63, 3.8) is 0 Å². The standard InChI is InChI=1S/C22H36O3/c1-21-10-8-15(23)12-14(21)4-5-16-17-6-7-19(20(24)13-25-3)22(17,2)11-9-18(16)21/h14-19,23H,4-13H2,1-3H3/t14-,15-,16-,17-,18-,19+,21-,22-/m0/s1. The number of carbonyl (C=O) groups excluding carboxylic acids is 1. The van der Waals surface area contributed by atoms with Gasteiger partial charge in [0, 0.05) is 13.0 Å². The molecule has 0 aromatic carbocycles. The van der Waals surface area contributed by atoms with E-state index in [0.29, 0.717) is 23.7 Å². The smallest absolute Gasteiger partial charge is 0.162 e. The van der Waals surface area contributed by atoms with Crippen LogP contribution in [0, 0.1) is 40.4 Å². The largest absolute Gasteiger partial charge is 0.393 e. The van der Waals surface area contributed by atoms with Crippen LogP contribution in [0.2, 0.25) is 0 Å². The van der Waals surface area contributed by atoms with Gasteiger partial charge in [-0.15, -0.1) is 0 Å². The monoisotopic (exact) mass is 348 g/mol. The van der Waals surface area contributed by atoms with Crippen LogP contribution in [0.3, 0.4) is 0 Å². The highest BCUT2D eigenvalue weighted by atomic mass is 16.5. The Hall–Kier alpha value is -0.410. The molecule has 0 aromatic heterocycles. The zero-order valence-corrected chi connectivity index (χ0v) is 16.3. The Morgan fingerprint density at radius 2 is 1.72 bits per heavy atom. The lowest BCUT2D eigenvalue weighted by atomic mass is 9.44. The number of hydrogen-bond donors (Lipinski definition) is 1. The number of methoxy groups -OCH3 is 1. The first-order valence-electron chi connectivity index (χ1n) is 10.6. The van der Waals surface area contributed by atoms with E-state index >= 15 is 0 Å². The first kappa shape index (κ1) is 18.0. The van der Waals surface area contributed by atoms with Crippen LogP contribution < -0.4 is 0 Å². The topological polar surface area (TPSA) is 46.5 Å². The lowest BCUT2D eigenvalue weighted by Crippen LogP contribution is -2.54. The normalized spacial score (nSPS) is 52.2. The zero-order chi connectivity index (χ0) is 17.8. The van der Waals surface area contributed by atoms with Crippen molar-refractivity contribution in [3.8, 4) is 0 Å². The van der Waals surface area contributed by atoms with Gasteiger partial charge < -0.3 is 9.84 Å². The van der Waals surface area contributed by atoms with Crippen molar-refractivity contribution in [1.29, 1.82) is 0 Å². The lowest BCUT2D eigenvalue weighted by molar-refractivity contribution is -0.142. The molecule has 0 aromatic rings. The summed E-state index contributed by atoms with van der Waals surface area (Å²) < 4.78 is 5.17. The van der Waals surface area contributed by atoms with Gasteiger partial charge in [-0.3, -0.25) is 4.79 Å². The molecule has 0 spiro atoms. The molecule has 4 saturated carbocycles. The summed E-state index contributed by atoms with van der Waals surface area (Å²) >= 11 is 0. The Morgan fingerprint density at radius 3 is 2.48 bits per heavy atom. The molecule has 142 valence electrons. The molecule has 0 saturated heterocycles. The van der Waals surface area contributed by atoms with Gasteiger partial charge in [0.05, 0.1) is 6.10 Å². The minimum Gasteiger partial charge on any atom is -0.393 e. The summed E-state index contributed by atoms with van der Waals surface area (Å²) in [7, 11) is 1.64. The third-order valence-electron chi connectivity index (χ3n) is 9.31. The van der Waals surface area contributed by atoms with E-state index in [1.54, 1.807) is 7.11 Å². The van der Waals surface area contributed by atoms with Crippen molar-refractivity contribution in [2.24, 2.45) is 40.4 Å². The molecule has 0 unspecified atom stereocenters. The summed E-state index contributed by atoms with van der Waals surface area (Å²) in [5.74, 6) is 3.61. The summed E-state index contributed by atoms with van der Waals surface area (Å²) in [4.78, 5) is 12.6. The van der Waals surface area contributed by atoms with Crippen LogP contribution >= 0.6 is 0 Å². The van der Waals surface area contributed by atoms with Gasteiger partial charge in [0.1, 0.15) is 6.61 Å². The molecule has 1 N–H and O–H groups in total. The number of fused-ring (bicyclic) bond motifs is 5. The van der Waals surface area contributed by atoms with E-state index in [2.05, 4.69) is 13.8 Å². The van der Waals surface area contributed by atoms with Gasteiger partial charge in [-0.05, 0) is 92.3 Å². The number of carbonyl (C=O) groups is 1. The Kier molecular flexibility index (Phi) is 4.56. The van der Waals surface area contributed by atoms with Gasteiger partial charge in [-0.2, -0.15) is 0 Å². The van der Waals surface area contributed by atoms with Crippen LogP contribution in [0.4, 0.5) is 0 Å². The summed E-state index contributed by atoms with van der Waals surface area (Å²) in [5.41, 5.74) is 0.631. The summed E-state index contributed by atoms with van der Waals surface area (Å²) in [5, 5.41) is 10.1. The summed E-state index contributed by atoms with van der Waals surface area (Å²) in [6.07, 6.45) is 10.6. The fourth-order valence-corrected chi connectivity index (χ4v) is 8.01. The number of aliphatic hydroxyl groups excluding tert-OH is 1. The van der Waals surface area contributed by atoms with Gasteiger partial charge in [0.15, 0.2) is 5.78 Å². The summed E-state index contributed by atoms with van der Waals surface area (Å²) in [6, 6.07) is 0. The number of ether oxygens (including phenoxy) is 1. The second kappa shape index (κ2) is 6.34.